The van der Waals surface area contributed by atoms with Crippen LogP contribution < -0.4 is 5.46 Å². The largest absolute Gasteiger partial charge is 0.508 e. The third-order valence-electron chi connectivity index (χ3n) is 2.60. The van der Waals surface area contributed by atoms with E-state index in [9.17, 15) is 0 Å². The van der Waals surface area contributed by atoms with Gasteiger partial charge in [-0.2, -0.15) is 0 Å². The van der Waals surface area contributed by atoms with E-state index < -0.39 is 7.12 Å². The summed E-state index contributed by atoms with van der Waals surface area (Å²) < 4.78 is 0. The molecule has 0 heterocycles. The fraction of sp³-hybridized carbons (Fsp3) is 0. The first-order valence-corrected chi connectivity index (χ1v) is 5.58. The summed E-state index contributed by atoms with van der Waals surface area (Å²) in [4.78, 5) is 0. The van der Waals surface area contributed by atoms with Gasteiger partial charge in [0.1, 0.15) is 5.75 Å². The summed E-state index contributed by atoms with van der Waals surface area (Å²) >= 11 is 0. The van der Waals surface area contributed by atoms with Crippen molar-refractivity contribution in [2.75, 3.05) is 0 Å². The van der Waals surface area contributed by atoms with E-state index in [2.05, 4.69) is 0 Å². The lowest BCUT2D eigenvalue weighted by Gasteiger charge is -1.99. The quantitative estimate of drug-likeness (QED) is 0.558. The lowest BCUT2D eigenvalue weighted by molar-refractivity contribution is 0.426. The van der Waals surface area contributed by atoms with Crippen molar-refractivity contribution in [3.8, 4) is 5.75 Å². The van der Waals surface area contributed by atoms with Crippen LogP contribution >= 0.6 is 0 Å². The molecule has 0 saturated heterocycles. The Morgan fingerprint density at radius 1 is 0.722 bits per heavy atom. The van der Waals surface area contributed by atoms with Gasteiger partial charge in [-0.15, -0.1) is 0 Å². The summed E-state index contributed by atoms with van der Waals surface area (Å²) in [6.07, 6.45) is 3.84. The molecule has 0 aliphatic carbocycles. The van der Waals surface area contributed by atoms with Crippen LogP contribution in [0.3, 0.4) is 0 Å². The van der Waals surface area contributed by atoms with Crippen LogP contribution in [0.25, 0.3) is 12.2 Å². The molecule has 0 aliphatic heterocycles. The average Bonchev–Trinajstić information content (AvgIpc) is 2.38. The van der Waals surface area contributed by atoms with Crippen LogP contribution in [0.15, 0.2) is 48.5 Å². The highest BCUT2D eigenvalue weighted by Gasteiger charge is 2.08. The highest BCUT2D eigenvalue weighted by Crippen LogP contribution is 2.12. The Bertz CT molecular complexity index is 530. The minimum absolute atomic E-state index is 0.244. The fourth-order valence-electron chi connectivity index (χ4n) is 1.56. The predicted molar refractivity (Wildman–Crippen MR) is 73.3 cm³/mol. The Balaban J connectivity index is 2.11. The summed E-state index contributed by atoms with van der Waals surface area (Å²) in [6, 6.07) is 13.9. The lowest BCUT2D eigenvalue weighted by atomic mass is 9.80. The number of phenolic OH excluding ortho intramolecular Hbond substituents is 1. The molecule has 0 radical (unpaired) electrons. The summed E-state index contributed by atoms with van der Waals surface area (Å²) in [5.41, 5.74) is 2.42. The third kappa shape index (κ3) is 3.23. The van der Waals surface area contributed by atoms with Crippen molar-refractivity contribution >= 4 is 24.7 Å². The molecule has 0 saturated carbocycles. The van der Waals surface area contributed by atoms with Crippen LogP contribution in [0.4, 0.5) is 0 Å². The van der Waals surface area contributed by atoms with E-state index in [-0.39, 0.29) is 5.75 Å². The van der Waals surface area contributed by atoms with Gasteiger partial charge in [-0.3, -0.25) is 0 Å². The van der Waals surface area contributed by atoms with E-state index in [1.165, 1.54) is 0 Å². The van der Waals surface area contributed by atoms with Gasteiger partial charge in [0.2, 0.25) is 0 Å². The second kappa shape index (κ2) is 5.53. The molecule has 4 heteroatoms. The molecule has 90 valence electrons. The van der Waals surface area contributed by atoms with Crippen LogP contribution in [-0.4, -0.2) is 22.3 Å². The van der Waals surface area contributed by atoms with Gasteiger partial charge in [-0.1, -0.05) is 48.6 Å². The maximum Gasteiger partial charge on any atom is 0.488 e. The molecule has 0 amide bonds. The van der Waals surface area contributed by atoms with Crippen molar-refractivity contribution < 1.29 is 15.2 Å². The maximum atomic E-state index is 9.15. The summed E-state index contributed by atoms with van der Waals surface area (Å²) in [5.74, 6) is 0.244. The number of hydrogen-bond acceptors (Lipinski definition) is 3. The normalized spacial score (nSPS) is 10.8. The molecule has 3 nitrogen and oxygen atoms in total. The number of benzene rings is 2. The second-order valence-electron chi connectivity index (χ2n) is 3.97. The molecule has 0 aliphatic rings. The highest BCUT2D eigenvalue weighted by atomic mass is 16.4. The van der Waals surface area contributed by atoms with Crippen LogP contribution in [0.2, 0.25) is 0 Å². The fourth-order valence-corrected chi connectivity index (χ4v) is 1.56. The van der Waals surface area contributed by atoms with Crippen LogP contribution in [-0.2, 0) is 0 Å². The molecule has 2 rings (SSSR count). The minimum Gasteiger partial charge on any atom is -0.508 e. The Hall–Kier alpha value is -2.04. The van der Waals surface area contributed by atoms with Crippen molar-refractivity contribution in [2.24, 2.45) is 0 Å². The Morgan fingerprint density at radius 2 is 1.17 bits per heavy atom. The summed E-state index contributed by atoms with van der Waals surface area (Å²) in [6.45, 7) is 0. The van der Waals surface area contributed by atoms with Gasteiger partial charge in [-0.25, -0.2) is 0 Å². The SMILES string of the molecule is OB(O)c1ccc(C=Cc2ccc(O)cc2)cc1. The summed E-state index contributed by atoms with van der Waals surface area (Å²) in [5, 5.41) is 27.1. The number of rotatable bonds is 3. The van der Waals surface area contributed by atoms with Crippen molar-refractivity contribution in [3.63, 3.8) is 0 Å². The molecule has 0 unspecified atom stereocenters. The van der Waals surface area contributed by atoms with Gasteiger partial charge in [-0.05, 0) is 28.7 Å². The molecule has 0 fully saturated rings. The molecule has 0 spiro atoms. The first-order chi connectivity index (χ1) is 8.65. The van der Waals surface area contributed by atoms with E-state index in [1.807, 2.05) is 36.4 Å². The Labute approximate surface area is 106 Å². The third-order valence-corrected chi connectivity index (χ3v) is 2.60. The van der Waals surface area contributed by atoms with Gasteiger partial charge >= 0.3 is 7.12 Å². The van der Waals surface area contributed by atoms with Crippen molar-refractivity contribution in [1.82, 2.24) is 0 Å². The first-order valence-electron chi connectivity index (χ1n) is 5.58. The monoisotopic (exact) mass is 240 g/mol. The van der Waals surface area contributed by atoms with Crippen molar-refractivity contribution in [2.45, 2.75) is 0 Å². The van der Waals surface area contributed by atoms with Gasteiger partial charge < -0.3 is 15.2 Å². The number of hydrogen-bond donors (Lipinski definition) is 3. The molecule has 0 atom stereocenters. The van der Waals surface area contributed by atoms with E-state index in [1.54, 1.807) is 24.3 Å². The smallest absolute Gasteiger partial charge is 0.488 e. The molecule has 2 aromatic carbocycles. The molecule has 0 bridgehead atoms. The molecule has 18 heavy (non-hydrogen) atoms. The summed E-state index contributed by atoms with van der Waals surface area (Å²) in [7, 11) is -1.43. The van der Waals surface area contributed by atoms with Gasteiger partial charge in [0, 0.05) is 0 Å². The average molecular weight is 240 g/mol. The molecule has 3 N–H and O–H groups in total. The zero-order valence-electron chi connectivity index (χ0n) is 9.69. The Kier molecular flexibility index (Phi) is 3.82. The van der Waals surface area contributed by atoms with Gasteiger partial charge in [0.05, 0.1) is 0 Å². The topological polar surface area (TPSA) is 60.7 Å². The van der Waals surface area contributed by atoms with Gasteiger partial charge in [0.15, 0.2) is 0 Å². The van der Waals surface area contributed by atoms with Crippen molar-refractivity contribution in [1.29, 1.82) is 0 Å². The first kappa shape index (κ1) is 12.4. The minimum atomic E-state index is -1.43. The lowest BCUT2D eigenvalue weighted by Crippen LogP contribution is -2.29. The van der Waals surface area contributed by atoms with E-state index in [0.717, 1.165) is 11.1 Å². The molecular weight excluding hydrogens is 227 g/mol. The van der Waals surface area contributed by atoms with Gasteiger partial charge in [0.25, 0.3) is 0 Å². The highest BCUT2D eigenvalue weighted by molar-refractivity contribution is 6.58. The number of aromatic hydroxyl groups is 1. The zero-order valence-corrected chi connectivity index (χ0v) is 9.69. The standard InChI is InChI=1S/C14H13BO3/c16-14-9-5-12(6-10-14)2-1-11-3-7-13(8-4-11)15(17)18/h1-10,16-18H. The van der Waals surface area contributed by atoms with Crippen molar-refractivity contribution in [3.05, 3.63) is 59.7 Å². The van der Waals surface area contributed by atoms with Crippen LogP contribution in [0.5, 0.6) is 5.75 Å². The molecular formula is C14H13BO3. The Morgan fingerprint density at radius 3 is 1.61 bits per heavy atom. The molecule has 2 aromatic rings. The number of phenols is 1. The van der Waals surface area contributed by atoms with Crippen LogP contribution in [0.1, 0.15) is 11.1 Å². The second-order valence-corrected chi connectivity index (χ2v) is 3.97. The zero-order chi connectivity index (χ0) is 13.0. The van der Waals surface area contributed by atoms with Crippen LogP contribution in [0, 0.1) is 0 Å². The predicted octanol–water partition coefficient (Wildman–Crippen LogP) is 1.24. The van der Waals surface area contributed by atoms with E-state index in [0.29, 0.717) is 5.46 Å². The van der Waals surface area contributed by atoms with E-state index >= 15 is 0 Å². The van der Waals surface area contributed by atoms with E-state index in [4.69, 9.17) is 15.2 Å². The maximum absolute atomic E-state index is 9.15. The molecule has 0 aromatic heterocycles.